The van der Waals surface area contributed by atoms with Gasteiger partial charge in [0.1, 0.15) is 5.78 Å². The molecule has 0 aromatic heterocycles. The van der Waals surface area contributed by atoms with E-state index in [9.17, 15) is 9.90 Å². The van der Waals surface area contributed by atoms with E-state index in [1.54, 1.807) is 6.92 Å². The molecule has 0 bridgehead atoms. The molecular formula is C10H20O2. The Kier molecular flexibility index (Phi) is 3.91. The lowest BCUT2D eigenvalue weighted by Crippen LogP contribution is -2.25. The first kappa shape index (κ1) is 11.6. The topological polar surface area (TPSA) is 37.3 Å². The number of hydrogen-bond donors (Lipinski definition) is 1. The van der Waals surface area contributed by atoms with Gasteiger partial charge in [0, 0.05) is 11.8 Å². The normalized spacial score (nSPS) is 17.2. The van der Waals surface area contributed by atoms with E-state index in [0.717, 1.165) is 0 Å². The third-order valence-electron chi connectivity index (χ3n) is 2.17. The third kappa shape index (κ3) is 3.86. The second-order valence-electron chi connectivity index (χ2n) is 4.60. The van der Waals surface area contributed by atoms with Crippen LogP contribution in [0.25, 0.3) is 0 Å². The molecular weight excluding hydrogens is 152 g/mol. The number of carbonyl (C=O) groups excluding carboxylic acids is 1. The molecule has 0 aromatic carbocycles. The van der Waals surface area contributed by atoms with Crippen LogP contribution in [0, 0.1) is 11.3 Å². The lowest BCUT2D eigenvalue weighted by molar-refractivity contribution is -0.127. The van der Waals surface area contributed by atoms with E-state index in [4.69, 9.17) is 0 Å². The number of Topliss-reactive ketones (excluding diaryl/α,β-unsaturated/α-hetero) is 1. The smallest absolute Gasteiger partial charge is 0.138 e. The number of carbonyl (C=O) groups is 1. The lowest BCUT2D eigenvalue weighted by Gasteiger charge is -2.20. The lowest BCUT2D eigenvalue weighted by atomic mass is 9.84. The van der Waals surface area contributed by atoms with Gasteiger partial charge in [0.2, 0.25) is 0 Å². The van der Waals surface area contributed by atoms with Crippen molar-refractivity contribution in [2.45, 2.75) is 47.1 Å². The first-order valence-electron chi connectivity index (χ1n) is 4.46. The number of ketones is 1. The summed E-state index contributed by atoms with van der Waals surface area (Å²) in [5, 5.41) is 9.18. The molecule has 0 aliphatic rings. The van der Waals surface area contributed by atoms with Crippen LogP contribution in [-0.4, -0.2) is 17.0 Å². The third-order valence-corrected chi connectivity index (χ3v) is 2.17. The molecule has 0 heterocycles. The van der Waals surface area contributed by atoms with E-state index >= 15 is 0 Å². The van der Waals surface area contributed by atoms with E-state index in [1.165, 1.54) is 0 Å². The molecule has 0 amide bonds. The second-order valence-corrected chi connectivity index (χ2v) is 4.60. The highest BCUT2D eigenvalue weighted by Gasteiger charge is 2.24. The largest absolute Gasteiger partial charge is 0.393 e. The number of hydrogen-bond acceptors (Lipinski definition) is 2. The maximum atomic E-state index is 11.5. The summed E-state index contributed by atoms with van der Waals surface area (Å²) in [5.74, 6) is 0.285. The molecule has 0 saturated carbocycles. The zero-order valence-corrected chi connectivity index (χ0v) is 8.72. The van der Waals surface area contributed by atoms with Crippen LogP contribution >= 0.6 is 0 Å². The van der Waals surface area contributed by atoms with Gasteiger partial charge in [0.15, 0.2) is 0 Å². The Morgan fingerprint density at radius 3 is 2.00 bits per heavy atom. The first-order valence-corrected chi connectivity index (χ1v) is 4.46. The van der Waals surface area contributed by atoms with Crippen LogP contribution in [0.15, 0.2) is 0 Å². The summed E-state index contributed by atoms with van der Waals surface area (Å²) < 4.78 is 0. The van der Waals surface area contributed by atoms with Gasteiger partial charge in [-0.2, -0.15) is 0 Å². The van der Waals surface area contributed by atoms with Crippen LogP contribution in [-0.2, 0) is 4.79 Å². The molecule has 0 rings (SSSR count). The summed E-state index contributed by atoms with van der Waals surface area (Å²) in [4.78, 5) is 11.5. The molecule has 2 atom stereocenters. The predicted molar refractivity (Wildman–Crippen MR) is 49.9 cm³/mol. The molecule has 2 nitrogen and oxygen atoms in total. The first-order chi connectivity index (χ1) is 5.25. The Morgan fingerprint density at radius 1 is 1.33 bits per heavy atom. The molecule has 72 valence electrons. The van der Waals surface area contributed by atoms with Gasteiger partial charge in [-0.3, -0.25) is 4.79 Å². The summed E-state index contributed by atoms with van der Waals surface area (Å²) in [7, 11) is 0. The summed E-state index contributed by atoms with van der Waals surface area (Å²) >= 11 is 0. The minimum Gasteiger partial charge on any atom is -0.393 e. The number of rotatable bonds is 3. The molecule has 2 heteroatoms. The molecule has 12 heavy (non-hydrogen) atoms. The standard InChI is InChI=1S/C10H20O2/c1-7(8(2)11)6-9(12)10(3,4)5/h7-8,11H,6H2,1-5H3. The molecule has 0 spiro atoms. The van der Waals surface area contributed by atoms with Crippen molar-refractivity contribution >= 4 is 5.78 Å². The van der Waals surface area contributed by atoms with Gasteiger partial charge in [0.05, 0.1) is 6.10 Å². The van der Waals surface area contributed by atoms with Crippen molar-refractivity contribution in [1.82, 2.24) is 0 Å². The van der Waals surface area contributed by atoms with Gasteiger partial charge >= 0.3 is 0 Å². The van der Waals surface area contributed by atoms with Gasteiger partial charge in [0.25, 0.3) is 0 Å². The Morgan fingerprint density at radius 2 is 1.75 bits per heavy atom. The van der Waals surface area contributed by atoms with Crippen molar-refractivity contribution in [2.75, 3.05) is 0 Å². The summed E-state index contributed by atoms with van der Waals surface area (Å²) in [6, 6.07) is 0. The van der Waals surface area contributed by atoms with Gasteiger partial charge in [-0.15, -0.1) is 0 Å². The predicted octanol–water partition coefficient (Wildman–Crippen LogP) is 2.01. The highest BCUT2D eigenvalue weighted by molar-refractivity contribution is 5.83. The van der Waals surface area contributed by atoms with Crippen molar-refractivity contribution in [3.63, 3.8) is 0 Å². The van der Waals surface area contributed by atoms with E-state index < -0.39 is 6.10 Å². The van der Waals surface area contributed by atoms with Crippen molar-refractivity contribution in [2.24, 2.45) is 11.3 Å². The highest BCUT2D eigenvalue weighted by Crippen LogP contribution is 2.20. The van der Waals surface area contributed by atoms with Crippen LogP contribution in [0.5, 0.6) is 0 Å². The van der Waals surface area contributed by atoms with E-state index in [-0.39, 0.29) is 17.1 Å². The quantitative estimate of drug-likeness (QED) is 0.707. The van der Waals surface area contributed by atoms with Crippen LogP contribution in [0.3, 0.4) is 0 Å². The SMILES string of the molecule is CC(O)C(C)CC(=O)C(C)(C)C. The van der Waals surface area contributed by atoms with Gasteiger partial charge in [-0.05, 0) is 12.8 Å². The Hall–Kier alpha value is -0.370. The van der Waals surface area contributed by atoms with Crippen LogP contribution in [0.4, 0.5) is 0 Å². The van der Waals surface area contributed by atoms with Crippen molar-refractivity contribution < 1.29 is 9.90 Å². The molecule has 2 unspecified atom stereocenters. The van der Waals surface area contributed by atoms with Crippen LogP contribution in [0.2, 0.25) is 0 Å². The van der Waals surface area contributed by atoms with Gasteiger partial charge in [-0.1, -0.05) is 27.7 Å². The summed E-state index contributed by atoms with van der Waals surface area (Å²) in [5.41, 5.74) is -0.275. The minimum absolute atomic E-state index is 0.0664. The Labute approximate surface area is 75.0 Å². The zero-order valence-electron chi connectivity index (χ0n) is 8.72. The van der Waals surface area contributed by atoms with E-state index in [0.29, 0.717) is 6.42 Å². The maximum absolute atomic E-state index is 11.5. The molecule has 0 aromatic rings. The molecule has 0 fully saturated rings. The monoisotopic (exact) mass is 172 g/mol. The number of aliphatic hydroxyl groups is 1. The fraction of sp³-hybridized carbons (Fsp3) is 0.900. The Bertz CT molecular complexity index is 154. The van der Waals surface area contributed by atoms with E-state index in [2.05, 4.69) is 0 Å². The Balaban J connectivity index is 4.02. The molecule has 0 aliphatic carbocycles. The molecule has 0 radical (unpaired) electrons. The van der Waals surface area contributed by atoms with Crippen molar-refractivity contribution in [3.8, 4) is 0 Å². The maximum Gasteiger partial charge on any atom is 0.138 e. The second kappa shape index (κ2) is 4.04. The summed E-state index contributed by atoms with van der Waals surface area (Å²) in [6.45, 7) is 9.34. The van der Waals surface area contributed by atoms with Gasteiger partial charge in [-0.25, -0.2) is 0 Å². The minimum atomic E-state index is -0.392. The van der Waals surface area contributed by atoms with Crippen molar-refractivity contribution in [1.29, 1.82) is 0 Å². The molecule has 1 N–H and O–H groups in total. The highest BCUT2D eigenvalue weighted by atomic mass is 16.3. The van der Waals surface area contributed by atoms with Crippen LogP contribution < -0.4 is 0 Å². The summed E-state index contributed by atoms with van der Waals surface area (Å²) in [6.07, 6.45) is 0.0811. The average Bonchev–Trinajstić information content (AvgIpc) is 1.85. The molecule has 0 saturated heterocycles. The zero-order chi connectivity index (χ0) is 9.94. The number of aliphatic hydroxyl groups excluding tert-OH is 1. The van der Waals surface area contributed by atoms with Gasteiger partial charge < -0.3 is 5.11 Å². The van der Waals surface area contributed by atoms with Crippen molar-refractivity contribution in [3.05, 3.63) is 0 Å². The van der Waals surface area contributed by atoms with Crippen LogP contribution in [0.1, 0.15) is 41.0 Å². The fourth-order valence-electron chi connectivity index (χ4n) is 0.769. The molecule has 0 aliphatic heterocycles. The van der Waals surface area contributed by atoms with E-state index in [1.807, 2.05) is 27.7 Å². The fourth-order valence-corrected chi connectivity index (χ4v) is 0.769. The average molecular weight is 172 g/mol.